The first-order chi connectivity index (χ1) is 15.4. The van der Waals surface area contributed by atoms with Crippen LogP contribution < -0.4 is 20.3 Å². The molecule has 1 aliphatic heterocycles. The Morgan fingerprint density at radius 2 is 1.72 bits per heavy atom. The van der Waals surface area contributed by atoms with Crippen LogP contribution in [0.15, 0.2) is 47.0 Å². The van der Waals surface area contributed by atoms with Gasteiger partial charge in [-0.15, -0.1) is 18.3 Å². The molecule has 0 aliphatic carbocycles. The molecule has 1 aliphatic rings. The van der Waals surface area contributed by atoms with Crippen molar-refractivity contribution in [2.24, 2.45) is 0 Å². The Hall–Kier alpha value is -3.83. The standard InChI is InChI=1S/C20H19F3N6O3/c21-20(22,23)32-15-7-4-13(5-8-15)26-19-28-27-18(31-19)17(30)25-14-6-9-16(24-12-14)29-10-2-1-3-11-29/h4-9,12H,1-3,10-11H2,(H,25,30)(H,26,28). The van der Waals surface area contributed by atoms with Crippen molar-refractivity contribution in [3.63, 3.8) is 0 Å². The molecule has 1 aromatic carbocycles. The number of piperidine rings is 1. The Kier molecular flexibility index (Phi) is 6.10. The van der Waals surface area contributed by atoms with Gasteiger partial charge in [0.15, 0.2) is 0 Å². The zero-order valence-electron chi connectivity index (χ0n) is 16.7. The van der Waals surface area contributed by atoms with Crippen LogP contribution in [0.3, 0.4) is 0 Å². The SMILES string of the molecule is O=C(Nc1ccc(N2CCCCC2)nc1)c1nnc(Nc2ccc(OC(F)(F)F)cc2)o1. The number of rotatable bonds is 6. The molecule has 1 fully saturated rings. The normalized spacial score (nSPS) is 14.2. The molecule has 0 spiro atoms. The molecule has 2 aromatic heterocycles. The molecule has 12 heteroatoms. The first-order valence-electron chi connectivity index (χ1n) is 9.84. The molecule has 168 valence electrons. The van der Waals surface area contributed by atoms with Gasteiger partial charge in [0.25, 0.3) is 0 Å². The number of aromatic nitrogens is 3. The van der Waals surface area contributed by atoms with Crippen LogP contribution in [0.1, 0.15) is 29.9 Å². The first kappa shape index (κ1) is 21.4. The van der Waals surface area contributed by atoms with Crippen molar-refractivity contribution in [3.8, 4) is 5.75 Å². The molecule has 0 radical (unpaired) electrons. The van der Waals surface area contributed by atoms with Gasteiger partial charge < -0.3 is 24.7 Å². The lowest BCUT2D eigenvalue weighted by molar-refractivity contribution is -0.274. The Morgan fingerprint density at radius 3 is 2.38 bits per heavy atom. The van der Waals surface area contributed by atoms with Crippen molar-refractivity contribution < 1.29 is 27.1 Å². The maximum atomic E-state index is 12.3. The van der Waals surface area contributed by atoms with Crippen LogP contribution in [0.4, 0.5) is 36.4 Å². The summed E-state index contributed by atoms with van der Waals surface area (Å²) in [4.78, 5) is 18.9. The molecule has 1 saturated heterocycles. The summed E-state index contributed by atoms with van der Waals surface area (Å²) in [6.45, 7) is 1.93. The number of alkyl halides is 3. The molecule has 32 heavy (non-hydrogen) atoms. The highest BCUT2D eigenvalue weighted by molar-refractivity contribution is 6.00. The second-order valence-electron chi connectivity index (χ2n) is 7.02. The summed E-state index contributed by atoms with van der Waals surface area (Å²) < 4.78 is 45.7. The van der Waals surface area contributed by atoms with Crippen LogP contribution in [0.25, 0.3) is 0 Å². The minimum atomic E-state index is -4.77. The number of anilines is 4. The number of carbonyl (C=O) groups is 1. The maximum Gasteiger partial charge on any atom is 0.573 e. The minimum absolute atomic E-state index is 0.0989. The van der Waals surface area contributed by atoms with Gasteiger partial charge in [-0.25, -0.2) is 4.98 Å². The number of ether oxygens (including phenoxy) is 1. The average molecular weight is 448 g/mol. The highest BCUT2D eigenvalue weighted by Gasteiger charge is 2.31. The van der Waals surface area contributed by atoms with E-state index in [0.717, 1.165) is 43.9 Å². The molecule has 3 heterocycles. The molecule has 0 bridgehead atoms. The number of nitrogens with zero attached hydrogens (tertiary/aromatic N) is 4. The third kappa shape index (κ3) is 5.65. The molecule has 0 atom stereocenters. The van der Waals surface area contributed by atoms with E-state index in [-0.39, 0.29) is 17.7 Å². The topological polar surface area (TPSA) is 105 Å². The lowest BCUT2D eigenvalue weighted by Crippen LogP contribution is -2.30. The van der Waals surface area contributed by atoms with Gasteiger partial charge in [0.2, 0.25) is 0 Å². The van der Waals surface area contributed by atoms with Crippen LogP contribution in [0.5, 0.6) is 5.75 Å². The van der Waals surface area contributed by atoms with E-state index in [1.165, 1.54) is 18.6 Å². The predicted molar refractivity (Wildman–Crippen MR) is 109 cm³/mol. The number of hydrogen-bond acceptors (Lipinski definition) is 8. The monoisotopic (exact) mass is 448 g/mol. The molecule has 0 saturated carbocycles. The van der Waals surface area contributed by atoms with Gasteiger partial charge in [0.05, 0.1) is 11.9 Å². The van der Waals surface area contributed by atoms with Crippen LogP contribution in [-0.4, -0.2) is 40.5 Å². The van der Waals surface area contributed by atoms with E-state index in [9.17, 15) is 18.0 Å². The lowest BCUT2D eigenvalue weighted by atomic mass is 10.1. The van der Waals surface area contributed by atoms with E-state index < -0.39 is 12.3 Å². The average Bonchev–Trinajstić information content (AvgIpc) is 3.24. The van der Waals surface area contributed by atoms with E-state index in [1.807, 2.05) is 6.07 Å². The van der Waals surface area contributed by atoms with E-state index >= 15 is 0 Å². The number of benzene rings is 1. The van der Waals surface area contributed by atoms with Crippen LogP contribution in [-0.2, 0) is 0 Å². The molecule has 2 N–H and O–H groups in total. The molecule has 9 nitrogen and oxygen atoms in total. The Bertz CT molecular complexity index is 1050. The minimum Gasteiger partial charge on any atom is -0.406 e. The summed E-state index contributed by atoms with van der Waals surface area (Å²) in [6, 6.07) is 8.41. The van der Waals surface area contributed by atoms with Crippen LogP contribution in [0, 0.1) is 0 Å². The summed E-state index contributed by atoms with van der Waals surface area (Å²) in [5.74, 6) is -0.413. The fraction of sp³-hybridized carbons (Fsp3) is 0.300. The summed E-state index contributed by atoms with van der Waals surface area (Å²) in [5, 5.41) is 12.7. The van der Waals surface area contributed by atoms with Gasteiger partial charge in [0, 0.05) is 18.8 Å². The number of carbonyl (C=O) groups excluding carboxylic acids is 1. The van der Waals surface area contributed by atoms with Gasteiger partial charge in [0.1, 0.15) is 11.6 Å². The highest BCUT2D eigenvalue weighted by atomic mass is 19.4. The fourth-order valence-corrected chi connectivity index (χ4v) is 3.18. The quantitative estimate of drug-likeness (QED) is 0.574. The van der Waals surface area contributed by atoms with Crippen LogP contribution >= 0.6 is 0 Å². The second kappa shape index (κ2) is 9.12. The summed E-state index contributed by atoms with van der Waals surface area (Å²) in [6.07, 6.45) is 0.289. The number of hydrogen-bond donors (Lipinski definition) is 2. The van der Waals surface area contributed by atoms with E-state index in [4.69, 9.17) is 4.42 Å². The first-order valence-corrected chi connectivity index (χ1v) is 9.84. The molecular formula is C20H19F3N6O3. The fourth-order valence-electron chi connectivity index (χ4n) is 3.18. The molecule has 3 aromatic rings. The van der Waals surface area contributed by atoms with Gasteiger partial charge >= 0.3 is 24.2 Å². The van der Waals surface area contributed by atoms with Crippen LogP contribution in [0.2, 0.25) is 0 Å². The van der Waals surface area contributed by atoms with E-state index in [2.05, 4.69) is 35.5 Å². The van der Waals surface area contributed by atoms with Crippen molar-refractivity contribution in [1.29, 1.82) is 0 Å². The van der Waals surface area contributed by atoms with Crippen molar-refractivity contribution in [3.05, 3.63) is 48.5 Å². The van der Waals surface area contributed by atoms with Crippen molar-refractivity contribution in [2.75, 3.05) is 28.6 Å². The third-order valence-corrected chi connectivity index (χ3v) is 4.64. The van der Waals surface area contributed by atoms with Crippen molar-refractivity contribution in [2.45, 2.75) is 25.6 Å². The van der Waals surface area contributed by atoms with E-state index in [1.54, 1.807) is 12.3 Å². The molecular weight excluding hydrogens is 429 g/mol. The zero-order valence-corrected chi connectivity index (χ0v) is 16.7. The Labute approximate surface area is 180 Å². The number of amides is 1. The van der Waals surface area contributed by atoms with Gasteiger partial charge in [-0.2, -0.15) is 0 Å². The predicted octanol–water partition coefficient (Wildman–Crippen LogP) is 4.35. The smallest absolute Gasteiger partial charge is 0.406 e. The highest BCUT2D eigenvalue weighted by Crippen LogP contribution is 2.25. The number of pyridine rings is 1. The summed E-state index contributed by atoms with van der Waals surface area (Å²) >= 11 is 0. The van der Waals surface area contributed by atoms with Gasteiger partial charge in [-0.05, 0) is 55.7 Å². The lowest BCUT2D eigenvalue weighted by Gasteiger charge is -2.27. The maximum absolute atomic E-state index is 12.3. The summed E-state index contributed by atoms with van der Waals surface area (Å²) in [5.41, 5.74) is 0.844. The summed E-state index contributed by atoms with van der Waals surface area (Å²) in [7, 11) is 0. The Morgan fingerprint density at radius 1 is 1.00 bits per heavy atom. The third-order valence-electron chi connectivity index (χ3n) is 4.64. The van der Waals surface area contributed by atoms with Crippen molar-refractivity contribution >= 4 is 29.1 Å². The number of nitrogens with one attached hydrogen (secondary N) is 2. The second-order valence-corrected chi connectivity index (χ2v) is 7.02. The van der Waals surface area contributed by atoms with Gasteiger partial charge in [-0.1, -0.05) is 5.10 Å². The molecule has 4 rings (SSSR count). The Balaban J connectivity index is 1.33. The van der Waals surface area contributed by atoms with Gasteiger partial charge in [-0.3, -0.25) is 4.79 Å². The number of halogens is 3. The molecule has 1 amide bonds. The van der Waals surface area contributed by atoms with Crippen molar-refractivity contribution in [1.82, 2.24) is 15.2 Å². The van der Waals surface area contributed by atoms with E-state index in [0.29, 0.717) is 11.4 Å². The zero-order chi connectivity index (χ0) is 22.6. The molecule has 0 unspecified atom stereocenters. The largest absolute Gasteiger partial charge is 0.573 e.